The first-order chi connectivity index (χ1) is 6.94. The van der Waals surface area contributed by atoms with Crippen LogP contribution >= 0.6 is 0 Å². The summed E-state index contributed by atoms with van der Waals surface area (Å²) in [5.74, 6) is 0. The van der Waals surface area contributed by atoms with E-state index in [1.807, 2.05) is 0 Å². The van der Waals surface area contributed by atoms with Crippen molar-refractivity contribution in [3.05, 3.63) is 0 Å². The van der Waals surface area contributed by atoms with Crippen LogP contribution in [0.15, 0.2) is 0 Å². The molecule has 3 nitrogen and oxygen atoms in total. The highest BCUT2D eigenvalue weighted by molar-refractivity contribution is 4.95. The minimum atomic E-state index is 0.255. The highest BCUT2D eigenvalue weighted by Crippen LogP contribution is 2.22. The molecule has 2 saturated heterocycles. The Kier molecular flexibility index (Phi) is 3.06. The standard InChI is InChI=1S/C12H25N3/c1-12(2,3)13-10-7-11-9-14(4)5-6-15(11)8-10/h10-11,13H,5-9H2,1-4H3. The highest BCUT2D eigenvalue weighted by atomic mass is 15.3. The van der Waals surface area contributed by atoms with Gasteiger partial charge < -0.3 is 10.2 Å². The fraction of sp³-hybridized carbons (Fsp3) is 1.00. The lowest BCUT2D eigenvalue weighted by Gasteiger charge is -2.35. The second-order valence-corrected chi connectivity index (χ2v) is 6.24. The van der Waals surface area contributed by atoms with Gasteiger partial charge in [-0.1, -0.05) is 0 Å². The number of nitrogens with one attached hydrogen (secondary N) is 1. The molecule has 0 spiro atoms. The molecular weight excluding hydrogens is 186 g/mol. The van der Waals surface area contributed by atoms with E-state index in [2.05, 4.69) is 42.9 Å². The topological polar surface area (TPSA) is 18.5 Å². The molecule has 2 rings (SSSR count). The van der Waals surface area contributed by atoms with E-state index in [-0.39, 0.29) is 5.54 Å². The van der Waals surface area contributed by atoms with Gasteiger partial charge in [-0.05, 0) is 34.2 Å². The van der Waals surface area contributed by atoms with Crippen molar-refractivity contribution in [3.8, 4) is 0 Å². The Hall–Kier alpha value is -0.120. The fourth-order valence-corrected chi connectivity index (χ4v) is 2.92. The third-order valence-electron chi connectivity index (χ3n) is 3.46. The summed E-state index contributed by atoms with van der Waals surface area (Å²) in [6.07, 6.45) is 1.32. The second-order valence-electron chi connectivity index (χ2n) is 6.24. The normalized spacial score (nSPS) is 34.4. The van der Waals surface area contributed by atoms with Crippen molar-refractivity contribution in [1.82, 2.24) is 15.1 Å². The van der Waals surface area contributed by atoms with Crippen LogP contribution in [0.4, 0.5) is 0 Å². The molecule has 0 radical (unpaired) electrons. The van der Waals surface area contributed by atoms with Crippen LogP contribution < -0.4 is 5.32 Å². The molecule has 0 amide bonds. The van der Waals surface area contributed by atoms with Gasteiger partial charge in [-0.25, -0.2) is 0 Å². The van der Waals surface area contributed by atoms with Gasteiger partial charge in [-0.15, -0.1) is 0 Å². The molecule has 0 saturated carbocycles. The zero-order valence-corrected chi connectivity index (χ0v) is 10.6. The third-order valence-corrected chi connectivity index (χ3v) is 3.46. The maximum atomic E-state index is 3.73. The minimum Gasteiger partial charge on any atom is -0.308 e. The van der Waals surface area contributed by atoms with E-state index < -0.39 is 0 Å². The molecule has 15 heavy (non-hydrogen) atoms. The van der Waals surface area contributed by atoms with Gasteiger partial charge in [-0.3, -0.25) is 4.90 Å². The van der Waals surface area contributed by atoms with Gasteiger partial charge in [0.15, 0.2) is 0 Å². The number of nitrogens with zero attached hydrogens (tertiary/aromatic N) is 2. The lowest BCUT2D eigenvalue weighted by Crippen LogP contribution is -2.48. The molecule has 0 aromatic carbocycles. The summed E-state index contributed by atoms with van der Waals surface area (Å²) in [6.45, 7) is 11.8. The van der Waals surface area contributed by atoms with E-state index in [0.29, 0.717) is 6.04 Å². The Morgan fingerprint density at radius 1 is 1.13 bits per heavy atom. The molecule has 0 bridgehead atoms. The monoisotopic (exact) mass is 211 g/mol. The molecule has 0 aromatic rings. The van der Waals surface area contributed by atoms with Crippen LogP contribution in [0.3, 0.4) is 0 Å². The van der Waals surface area contributed by atoms with Crippen LogP contribution in [0, 0.1) is 0 Å². The third kappa shape index (κ3) is 2.92. The minimum absolute atomic E-state index is 0.255. The first kappa shape index (κ1) is 11.4. The molecule has 1 N–H and O–H groups in total. The Morgan fingerprint density at radius 2 is 1.87 bits per heavy atom. The first-order valence-electron chi connectivity index (χ1n) is 6.14. The first-order valence-corrected chi connectivity index (χ1v) is 6.14. The van der Waals surface area contributed by atoms with E-state index in [4.69, 9.17) is 0 Å². The Labute approximate surface area is 93.8 Å². The maximum Gasteiger partial charge on any atom is 0.0239 e. The molecule has 2 heterocycles. The summed E-state index contributed by atoms with van der Waals surface area (Å²) in [6, 6.07) is 1.49. The van der Waals surface area contributed by atoms with Gasteiger partial charge in [0, 0.05) is 43.8 Å². The van der Waals surface area contributed by atoms with Gasteiger partial charge in [0.25, 0.3) is 0 Å². The van der Waals surface area contributed by atoms with Crippen LogP contribution in [0.25, 0.3) is 0 Å². The van der Waals surface area contributed by atoms with Crippen molar-refractivity contribution < 1.29 is 0 Å². The smallest absolute Gasteiger partial charge is 0.0239 e. The second kappa shape index (κ2) is 4.04. The molecule has 3 heteroatoms. The van der Waals surface area contributed by atoms with Gasteiger partial charge in [0.1, 0.15) is 0 Å². The Balaban J connectivity index is 1.88. The molecule has 2 atom stereocenters. The fourth-order valence-electron chi connectivity index (χ4n) is 2.92. The van der Waals surface area contributed by atoms with E-state index in [1.165, 1.54) is 32.6 Å². The molecule has 2 aliphatic rings. The van der Waals surface area contributed by atoms with E-state index in [0.717, 1.165) is 6.04 Å². The van der Waals surface area contributed by atoms with Gasteiger partial charge in [0.05, 0.1) is 0 Å². The van der Waals surface area contributed by atoms with Crippen molar-refractivity contribution in [2.45, 2.75) is 44.8 Å². The van der Waals surface area contributed by atoms with E-state index in [1.54, 1.807) is 0 Å². The predicted molar refractivity (Wildman–Crippen MR) is 64.2 cm³/mol. The highest BCUT2D eigenvalue weighted by Gasteiger charge is 2.36. The van der Waals surface area contributed by atoms with Crippen molar-refractivity contribution in [1.29, 1.82) is 0 Å². The van der Waals surface area contributed by atoms with Crippen LogP contribution in [0.2, 0.25) is 0 Å². The van der Waals surface area contributed by atoms with Gasteiger partial charge in [0.2, 0.25) is 0 Å². The lowest BCUT2D eigenvalue weighted by molar-refractivity contribution is 0.124. The summed E-state index contributed by atoms with van der Waals surface area (Å²) in [5.41, 5.74) is 0.255. The summed E-state index contributed by atoms with van der Waals surface area (Å²) >= 11 is 0. The van der Waals surface area contributed by atoms with Crippen LogP contribution in [-0.4, -0.2) is 60.6 Å². The van der Waals surface area contributed by atoms with Crippen LogP contribution in [0.5, 0.6) is 0 Å². The Bertz CT molecular complexity index is 221. The van der Waals surface area contributed by atoms with E-state index >= 15 is 0 Å². The average Bonchev–Trinajstić information content (AvgIpc) is 2.42. The molecule has 2 aliphatic heterocycles. The quantitative estimate of drug-likeness (QED) is 0.691. The van der Waals surface area contributed by atoms with Gasteiger partial charge >= 0.3 is 0 Å². The van der Waals surface area contributed by atoms with Crippen molar-refractivity contribution in [3.63, 3.8) is 0 Å². The summed E-state index contributed by atoms with van der Waals surface area (Å²) < 4.78 is 0. The number of piperazine rings is 1. The SMILES string of the molecule is CN1CCN2CC(NC(C)(C)C)CC2C1. The van der Waals surface area contributed by atoms with Crippen molar-refractivity contribution >= 4 is 0 Å². The number of fused-ring (bicyclic) bond motifs is 1. The van der Waals surface area contributed by atoms with Crippen molar-refractivity contribution in [2.75, 3.05) is 33.2 Å². The summed E-state index contributed by atoms with van der Waals surface area (Å²) in [7, 11) is 2.24. The van der Waals surface area contributed by atoms with Crippen molar-refractivity contribution in [2.24, 2.45) is 0 Å². The molecular formula is C12H25N3. The molecule has 88 valence electrons. The number of likely N-dealkylation sites (N-methyl/N-ethyl adjacent to an activating group) is 1. The molecule has 2 unspecified atom stereocenters. The molecule has 0 aliphatic carbocycles. The van der Waals surface area contributed by atoms with E-state index in [9.17, 15) is 0 Å². The average molecular weight is 211 g/mol. The predicted octanol–water partition coefficient (Wildman–Crippen LogP) is 0.763. The molecule has 0 aromatic heterocycles. The largest absolute Gasteiger partial charge is 0.308 e. The zero-order chi connectivity index (χ0) is 11.1. The lowest BCUT2D eigenvalue weighted by atomic mass is 10.1. The van der Waals surface area contributed by atoms with Crippen LogP contribution in [-0.2, 0) is 0 Å². The van der Waals surface area contributed by atoms with Gasteiger partial charge in [-0.2, -0.15) is 0 Å². The zero-order valence-electron chi connectivity index (χ0n) is 10.6. The van der Waals surface area contributed by atoms with Crippen LogP contribution in [0.1, 0.15) is 27.2 Å². The number of hydrogen-bond donors (Lipinski definition) is 1. The molecule has 2 fully saturated rings. The number of rotatable bonds is 1. The maximum absolute atomic E-state index is 3.73. The number of hydrogen-bond acceptors (Lipinski definition) is 3. The Morgan fingerprint density at radius 3 is 2.53 bits per heavy atom. The summed E-state index contributed by atoms with van der Waals surface area (Å²) in [4.78, 5) is 5.12. The summed E-state index contributed by atoms with van der Waals surface area (Å²) in [5, 5.41) is 3.73.